The van der Waals surface area contributed by atoms with E-state index in [0.717, 1.165) is 56.6 Å². The lowest BCUT2D eigenvalue weighted by molar-refractivity contribution is -0.143. The number of carboxylic acids is 2. The monoisotopic (exact) mass is 653 g/mol. The van der Waals surface area contributed by atoms with Gasteiger partial charge in [-0.1, -0.05) is 30.3 Å². The summed E-state index contributed by atoms with van der Waals surface area (Å²) in [5.74, 6) is 0.527. The molecule has 5 N–H and O–H groups in total. The van der Waals surface area contributed by atoms with Gasteiger partial charge < -0.3 is 35.1 Å². The molecule has 4 aromatic rings. The number of aliphatic hydroxyl groups is 1. The number of β-amino-alcohol motifs (C(OH)–C–C–N with tert-alkyl or cyclic N) is 1. The molecule has 45 heavy (non-hydrogen) atoms. The van der Waals surface area contributed by atoms with Gasteiger partial charge in [0.25, 0.3) is 0 Å². The predicted molar refractivity (Wildman–Crippen MR) is 180 cm³/mol. The Labute approximate surface area is 270 Å². The Morgan fingerprint density at radius 3 is 2.47 bits per heavy atom. The second kappa shape index (κ2) is 16.5. The first-order valence-corrected chi connectivity index (χ1v) is 16.5. The molecule has 0 amide bonds. The van der Waals surface area contributed by atoms with Crippen molar-refractivity contribution in [1.29, 1.82) is 0 Å². The number of benzene rings is 2. The molecule has 240 valence electrons. The number of ether oxygens (including phenoxy) is 2. The highest BCUT2D eigenvalue weighted by Crippen LogP contribution is 2.33. The molecule has 12 heteroatoms. The van der Waals surface area contributed by atoms with Crippen molar-refractivity contribution >= 4 is 51.0 Å². The van der Waals surface area contributed by atoms with Crippen molar-refractivity contribution in [3.8, 4) is 21.9 Å². The average molecular weight is 654 g/mol. The van der Waals surface area contributed by atoms with Crippen LogP contribution in [0.1, 0.15) is 32.3 Å². The molecule has 10 nitrogen and oxygen atoms in total. The summed E-state index contributed by atoms with van der Waals surface area (Å²) in [6, 6.07) is 18.2. The van der Waals surface area contributed by atoms with Crippen LogP contribution in [0.15, 0.2) is 71.2 Å². The minimum atomic E-state index is -1.08. The molecule has 0 radical (unpaired) electrons. The van der Waals surface area contributed by atoms with Crippen LogP contribution in [0.4, 0.5) is 0 Å². The fourth-order valence-electron chi connectivity index (χ4n) is 4.68. The van der Waals surface area contributed by atoms with Gasteiger partial charge in [-0.05, 0) is 55.5 Å². The fraction of sp³-hybridized carbons (Fsp3) is 0.364. The fourth-order valence-corrected chi connectivity index (χ4v) is 6.18. The molecule has 2 aromatic heterocycles. The number of carbonyl (C=O) groups is 2. The Morgan fingerprint density at radius 1 is 1.02 bits per heavy atom. The van der Waals surface area contributed by atoms with Gasteiger partial charge in [-0.25, -0.2) is 0 Å². The van der Waals surface area contributed by atoms with Gasteiger partial charge in [-0.3, -0.25) is 14.6 Å². The van der Waals surface area contributed by atoms with Crippen molar-refractivity contribution in [3.05, 3.63) is 71.7 Å². The van der Waals surface area contributed by atoms with Gasteiger partial charge in [-0.15, -0.1) is 23.1 Å². The number of hydrogen-bond acceptors (Lipinski definition) is 9. The highest BCUT2D eigenvalue weighted by molar-refractivity contribution is 8.14. The maximum absolute atomic E-state index is 10.7. The third kappa shape index (κ3) is 10.6. The minimum Gasteiger partial charge on any atom is -0.490 e. The van der Waals surface area contributed by atoms with Crippen molar-refractivity contribution in [2.24, 2.45) is 4.99 Å². The van der Waals surface area contributed by atoms with Crippen molar-refractivity contribution in [3.63, 3.8) is 0 Å². The number of aromatic amines is 1. The molecule has 0 saturated heterocycles. The molecule has 1 aliphatic rings. The summed E-state index contributed by atoms with van der Waals surface area (Å²) in [5.41, 5.74) is 3.04. The van der Waals surface area contributed by atoms with Crippen LogP contribution in [-0.4, -0.2) is 81.0 Å². The zero-order chi connectivity index (χ0) is 32.2. The number of aliphatic imine (C=N–C) groups is 1. The number of nitrogens with one attached hydrogen (secondary N) is 2. The summed E-state index contributed by atoms with van der Waals surface area (Å²) < 4.78 is 12.1. The summed E-state index contributed by atoms with van der Waals surface area (Å²) in [7, 11) is 0. The van der Waals surface area contributed by atoms with E-state index in [9.17, 15) is 14.7 Å². The maximum Gasteiger partial charge on any atom is 0.303 e. The first-order valence-electron chi connectivity index (χ1n) is 14.6. The summed E-state index contributed by atoms with van der Waals surface area (Å²) in [6.07, 6.45) is 1.64. The Bertz CT molecular complexity index is 1570. The lowest BCUT2D eigenvalue weighted by atomic mass is 9.94. The van der Waals surface area contributed by atoms with E-state index in [1.54, 1.807) is 23.1 Å². The van der Waals surface area contributed by atoms with Crippen LogP contribution < -0.4 is 14.8 Å². The van der Waals surface area contributed by atoms with E-state index in [4.69, 9.17) is 19.7 Å². The lowest BCUT2D eigenvalue weighted by Gasteiger charge is -2.28. The number of aliphatic carboxylic acids is 2. The molecule has 0 unspecified atom stereocenters. The molecule has 0 fully saturated rings. The molecule has 0 spiro atoms. The number of thioether (sulfide) groups is 1. The summed E-state index contributed by atoms with van der Waals surface area (Å²) >= 11 is 3.45. The molecule has 0 bridgehead atoms. The van der Waals surface area contributed by atoms with Crippen molar-refractivity contribution in [2.45, 2.75) is 44.8 Å². The Hall–Kier alpha value is -3.84. The lowest BCUT2D eigenvalue weighted by Crippen LogP contribution is -2.46. The van der Waals surface area contributed by atoms with Crippen LogP contribution in [0.2, 0.25) is 0 Å². The van der Waals surface area contributed by atoms with Crippen LogP contribution >= 0.6 is 23.1 Å². The predicted octanol–water partition coefficient (Wildman–Crippen LogP) is 5.71. The molecule has 1 atom stereocenters. The second-order valence-corrected chi connectivity index (χ2v) is 13.2. The van der Waals surface area contributed by atoms with Gasteiger partial charge in [-0.2, -0.15) is 0 Å². The number of rotatable bonds is 15. The number of nitrogens with zero attached hydrogens (tertiary/aromatic N) is 1. The zero-order valence-electron chi connectivity index (χ0n) is 25.3. The number of hydrogen-bond donors (Lipinski definition) is 5. The van der Waals surface area contributed by atoms with E-state index in [-0.39, 0.29) is 25.0 Å². The van der Waals surface area contributed by atoms with Gasteiger partial charge in [0.1, 0.15) is 35.9 Å². The van der Waals surface area contributed by atoms with E-state index < -0.39 is 18.0 Å². The Kier molecular flexibility index (Phi) is 12.5. The number of carboxylic acid groups (broad SMARTS) is 2. The first-order chi connectivity index (χ1) is 21.6. The smallest absolute Gasteiger partial charge is 0.303 e. The molecule has 5 rings (SSSR count). The number of aliphatic hydroxyl groups excluding tert-OH is 1. The highest BCUT2D eigenvalue weighted by atomic mass is 32.2. The molecule has 0 aliphatic carbocycles. The second-order valence-electron chi connectivity index (χ2n) is 11.1. The summed E-state index contributed by atoms with van der Waals surface area (Å²) in [5, 5.41) is 34.3. The van der Waals surface area contributed by atoms with Crippen LogP contribution in [0.3, 0.4) is 0 Å². The van der Waals surface area contributed by atoms with E-state index in [1.807, 2.05) is 36.4 Å². The number of aromatic nitrogens is 1. The first kappa shape index (κ1) is 34.0. The van der Waals surface area contributed by atoms with Crippen LogP contribution in [0.5, 0.6) is 11.5 Å². The molecule has 3 heterocycles. The average Bonchev–Trinajstić information content (AvgIpc) is 3.81. The van der Waals surface area contributed by atoms with Crippen molar-refractivity contribution in [1.82, 2.24) is 10.3 Å². The van der Waals surface area contributed by atoms with Crippen LogP contribution in [0, 0.1) is 0 Å². The van der Waals surface area contributed by atoms with E-state index in [0.29, 0.717) is 13.2 Å². The molecule has 0 saturated carbocycles. The molecule has 2 aromatic carbocycles. The quantitative estimate of drug-likeness (QED) is 0.109. The number of fused-ring (bicyclic) bond motifs is 1. The summed E-state index contributed by atoms with van der Waals surface area (Å²) in [4.78, 5) is 28.3. The normalized spacial score (nSPS) is 13.5. The Morgan fingerprint density at radius 2 is 1.78 bits per heavy atom. The van der Waals surface area contributed by atoms with Gasteiger partial charge in [0.15, 0.2) is 0 Å². The Balaban J connectivity index is 0.000000510. The number of para-hydroxylation sites is 2. The highest BCUT2D eigenvalue weighted by Gasteiger charge is 2.22. The van der Waals surface area contributed by atoms with Gasteiger partial charge >= 0.3 is 11.9 Å². The largest absolute Gasteiger partial charge is 0.490 e. The topological polar surface area (TPSA) is 153 Å². The van der Waals surface area contributed by atoms with Gasteiger partial charge in [0.05, 0.1) is 18.4 Å². The molecular formula is C33H39N3O7S2. The standard InChI is InChI=1S/C29H33N3O3S2.C4H6O4/c1-29(2,32-17-21(33)18-34-24-9-4-3-7-23(24)26-11-6-13-36-26)15-20-16-31-28-22(20)8-5-10-25(28)35-19-27-30-12-14-37-27;5-3(6)1-2-4(7)8/h3-11,13,16,21,31-33H,12,14-15,17-19H2,1-2H3;1-2H2,(H,5,6)(H,7,8)/t21-;/m0./s1. The van der Waals surface area contributed by atoms with Crippen LogP contribution in [0.25, 0.3) is 21.3 Å². The van der Waals surface area contributed by atoms with E-state index in [1.165, 1.54) is 5.56 Å². The number of H-pyrrole nitrogens is 1. The van der Waals surface area contributed by atoms with Crippen LogP contribution in [-0.2, 0) is 16.0 Å². The number of thiophene rings is 1. The SMILES string of the molecule is CC(C)(Cc1c[nH]c2c(OCC3=NCCS3)cccc12)NC[C@H](O)COc1ccccc1-c1cccs1.O=C(O)CCC(=O)O. The van der Waals surface area contributed by atoms with Gasteiger partial charge in [0.2, 0.25) is 0 Å². The van der Waals surface area contributed by atoms with E-state index in [2.05, 4.69) is 58.9 Å². The van der Waals surface area contributed by atoms with E-state index >= 15 is 0 Å². The third-order valence-corrected chi connectivity index (χ3v) is 8.74. The van der Waals surface area contributed by atoms with Crippen molar-refractivity contribution in [2.75, 3.05) is 32.1 Å². The zero-order valence-corrected chi connectivity index (χ0v) is 27.0. The molecular weight excluding hydrogens is 615 g/mol. The minimum absolute atomic E-state index is 0.225. The summed E-state index contributed by atoms with van der Waals surface area (Å²) in [6.45, 7) is 6.37. The molecule has 1 aliphatic heterocycles. The van der Waals surface area contributed by atoms with Gasteiger partial charge in [0, 0.05) is 46.4 Å². The third-order valence-electron chi connectivity index (χ3n) is 6.87. The van der Waals surface area contributed by atoms with Crippen molar-refractivity contribution < 1.29 is 34.4 Å². The maximum atomic E-state index is 10.7.